The van der Waals surface area contributed by atoms with E-state index in [2.05, 4.69) is 47.4 Å². The van der Waals surface area contributed by atoms with E-state index in [4.69, 9.17) is 0 Å². The molecule has 2 fully saturated rings. The highest BCUT2D eigenvalue weighted by molar-refractivity contribution is 5.85. The van der Waals surface area contributed by atoms with E-state index in [0.29, 0.717) is 23.5 Å². The molecule has 2 saturated carbocycles. The SMILES string of the molecule is O=C(Cc1cccc(-c2ccccc2)c1)C1CC2(CCC(c3ccnc4ccc(F)cc34)CC2)C1. The van der Waals surface area contributed by atoms with Crippen LogP contribution in [0.4, 0.5) is 4.39 Å². The molecule has 0 bridgehead atoms. The van der Waals surface area contributed by atoms with Gasteiger partial charge in [-0.1, -0.05) is 54.6 Å². The van der Waals surface area contributed by atoms with Crippen molar-refractivity contribution >= 4 is 16.7 Å². The number of nitrogens with zero attached hydrogens (tertiary/aromatic N) is 1. The Bertz CT molecular complexity index is 1360. The molecule has 3 aromatic carbocycles. The van der Waals surface area contributed by atoms with Gasteiger partial charge in [-0.15, -0.1) is 0 Å². The second-order valence-corrected chi connectivity index (χ2v) is 10.7. The van der Waals surface area contributed by atoms with Gasteiger partial charge >= 0.3 is 0 Å². The summed E-state index contributed by atoms with van der Waals surface area (Å²) in [5.41, 5.74) is 5.90. The lowest BCUT2D eigenvalue weighted by Gasteiger charge is -2.51. The Hall–Kier alpha value is -3.33. The summed E-state index contributed by atoms with van der Waals surface area (Å²) >= 11 is 0. The summed E-state index contributed by atoms with van der Waals surface area (Å²) in [6, 6.07) is 25.7. The van der Waals surface area contributed by atoms with Crippen molar-refractivity contribution in [2.24, 2.45) is 11.3 Å². The first kappa shape index (κ1) is 22.2. The number of halogens is 1. The van der Waals surface area contributed by atoms with Crippen molar-refractivity contribution in [3.63, 3.8) is 0 Å². The summed E-state index contributed by atoms with van der Waals surface area (Å²) in [6.45, 7) is 0. The molecule has 6 rings (SSSR count). The summed E-state index contributed by atoms with van der Waals surface area (Å²) in [5, 5.41) is 0.952. The van der Waals surface area contributed by atoms with Crippen LogP contribution in [0.5, 0.6) is 0 Å². The monoisotopic (exact) mass is 463 g/mol. The van der Waals surface area contributed by atoms with E-state index >= 15 is 0 Å². The summed E-state index contributed by atoms with van der Waals surface area (Å²) < 4.78 is 13.9. The molecule has 0 aliphatic heterocycles. The number of ketones is 1. The lowest BCUT2D eigenvalue weighted by atomic mass is 9.53. The maximum atomic E-state index is 13.9. The van der Waals surface area contributed by atoms with Crippen molar-refractivity contribution in [1.82, 2.24) is 4.98 Å². The van der Waals surface area contributed by atoms with Crippen LogP contribution in [0.2, 0.25) is 0 Å². The summed E-state index contributed by atoms with van der Waals surface area (Å²) in [7, 11) is 0. The van der Waals surface area contributed by atoms with Crippen LogP contribution < -0.4 is 0 Å². The molecular weight excluding hydrogens is 433 g/mol. The Morgan fingerprint density at radius 3 is 2.46 bits per heavy atom. The zero-order chi connectivity index (χ0) is 23.8. The zero-order valence-corrected chi connectivity index (χ0v) is 19.9. The number of carbonyl (C=O) groups is 1. The molecule has 3 heteroatoms. The van der Waals surface area contributed by atoms with Crippen LogP contribution in [0.3, 0.4) is 0 Å². The van der Waals surface area contributed by atoms with Crippen LogP contribution >= 0.6 is 0 Å². The van der Waals surface area contributed by atoms with Crippen LogP contribution in [-0.2, 0) is 11.2 Å². The van der Waals surface area contributed by atoms with Gasteiger partial charge in [0.2, 0.25) is 0 Å². The van der Waals surface area contributed by atoms with Gasteiger partial charge in [0.15, 0.2) is 0 Å². The standard InChI is InChI=1S/C32H30FNO/c33-27-9-10-30-29(19-27)28(13-16-34-30)24-11-14-32(15-12-24)20-26(21-32)31(35)18-22-5-4-8-25(17-22)23-6-2-1-3-7-23/h1-10,13,16-17,19,24,26H,11-12,14-15,18,20-21H2. The number of benzene rings is 3. The number of hydrogen-bond acceptors (Lipinski definition) is 2. The molecule has 176 valence electrons. The number of carbonyl (C=O) groups excluding carboxylic acids is 1. The third kappa shape index (κ3) is 4.40. The Morgan fingerprint density at radius 1 is 0.886 bits per heavy atom. The molecular formula is C32H30FNO. The fourth-order valence-corrected chi connectivity index (χ4v) is 6.50. The van der Waals surface area contributed by atoms with E-state index in [-0.39, 0.29) is 11.7 Å². The lowest BCUT2D eigenvalue weighted by Crippen LogP contribution is -2.43. The van der Waals surface area contributed by atoms with Crippen molar-refractivity contribution in [3.8, 4) is 11.1 Å². The van der Waals surface area contributed by atoms with Crippen molar-refractivity contribution < 1.29 is 9.18 Å². The van der Waals surface area contributed by atoms with Gasteiger partial charge < -0.3 is 0 Å². The largest absolute Gasteiger partial charge is 0.299 e. The summed E-state index contributed by atoms with van der Waals surface area (Å²) in [5.74, 6) is 0.832. The molecule has 4 aromatic rings. The normalized spacial score (nSPS) is 23.8. The summed E-state index contributed by atoms with van der Waals surface area (Å²) in [6.07, 6.45) is 8.97. The Balaban J connectivity index is 1.07. The van der Waals surface area contributed by atoms with E-state index in [1.54, 1.807) is 12.1 Å². The van der Waals surface area contributed by atoms with Gasteiger partial charge in [0.1, 0.15) is 11.6 Å². The van der Waals surface area contributed by atoms with Crippen molar-refractivity contribution in [2.75, 3.05) is 0 Å². The van der Waals surface area contributed by atoms with Crippen LogP contribution in [0.1, 0.15) is 55.6 Å². The molecule has 0 amide bonds. The van der Waals surface area contributed by atoms with Crippen LogP contribution in [-0.4, -0.2) is 10.8 Å². The number of Topliss-reactive ketones (excluding diaryl/α,β-unsaturated/α-hetero) is 1. The third-order valence-corrected chi connectivity index (χ3v) is 8.45. The molecule has 2 nitrogen and oxygen atoms in total. The topological polar surface area (TPSA) is 30.0 Å². The minimum absolute atomic E-state index is 0.197. The van der Waals surface area contributed by atoms with Gasteiger partial charge in [-0.25, -0.2) is 4.39 Å². The quantitative estimate of drug-likeness (QED) is 0.301. The molecule has 0 unspecified atom stereocenters. The number of hydrogen-bond donors (Lipinski definition) is 0. The van der Waals surface area contributed by atoms with E-state index in [1.807, 2.05) is 24.4 Å². The number of pyridine rings is 1. The van der Waals surface area contributed by atoms with E-state index < -0.39 is 0 Å². The van der Waals surface area contributed by atoms with Gasteiger partial charge in [0.25, 0.3) is 0 Å². The lowest BCUT2D eigenvalue weighted by molar-refractivity contribution is -0.131. The van der Waals surface area contributed by atoms with Gasteiger partial charge in [-0.05, 0) is 96.4 Å². The first-order valence-electron chi connectivity index (χ1n) is 12.8. The maximum absolute atomic E-state index is 13.9. The van der Waals surface area contributed by atoms with Crippen molar-refractivity contribution in [3.05, 3.63) is 102 Å². The smallest absolute Gasteiger partial charge is 0.140 e. The summed E-state index contributed by atoms with van der Waals surface area (Å²) in [4.78, 5) is 17.5. The second kappa shape index (κ2) is 9.03. The molecule has 0 saturated heterocycles. The molecule has 0 radical (unpaired) electrons. The fraction of sp³-hybridized carbons (Fsp3) is 0.312. The van der Waals surface area contributed by atoms with E-state index in [0.717, 1.165) is 55.0 Å². The fourth-order valence-electron chi connectivity index (χ4n) is 6.50. The van der Waals surface area contributed by atoms with Crippen LogP contribution in [0.25, 0.3) is 22.0 Å². The molecule has 1 heterocycles. The van der Waals surface area contributed by atoms with Crippen molar-refractivity contribution in [2.45, 2.75) is 50.9 Å². The number of fused-ring (bicyclic) bond motifs is 1. The first-order chi connectivity index (χ1) is 17.1. The first-order valence-corrected chi connectivity index (χ1v) is 12.8. The molecule has 0 N–H and O–H groups in total. The maximum Gasteiger partial charge on any atom is 0.140 e. The van der Waals surface area contributed by atoms with E-state index in [9.17, 15) is 9.18 Å². The Labute approximate surface area is 206 Å². The van der Waals surface area contributed by atoms with Gasteiger partial charge in [0, 0.05) is 23.9 Å². The molecule has 2 aliphatic rings. The molecule has 2 aliphatic carbocycles. The highest BCUT2D eigenvalue weighted by Gasteiger charge is 2.48. The predicted molar refractivity (Wildman–Crippen MR) is 139 cm³/mol. The average Bonchev–Trinajstić information content (AvgIpc) is 2.87. The van der Waals surface area contributed by atoms with E-state index in [1.165, 1.54) is 22.8 Å². The minimum Gasteiger partial charge on any atom is -0.299 e. The van der Waals surface area contributed by atoms with Gasteiger partial charge in [-0.3, -0.25) is 9.78 Å². The number of aromatic nitrogens is 1. The van der Waals surface area contributed by atoms with Crippen LogP contribution in [0, 0.1) is 17.2 Å². The molecule has 35 heavy (non-hydrogen) atoms. The third-order valence-electron chi connectivity index (χ3n) is 8.45. The van der Waals surface area contributed by atoms with Crippen molar-refractivity contribution in [1.29, 1.82) is 0 Å². The van der Waals surface area contributed by atoms with Gasteiger partial charge in [-0.2, -0.15) is 0 Å². The average molecular weight is 464 g/mol. The zero-order valence-electron chi connectivity index (χ0n) is 19.9. The molecule has 1 spiro atoms. The Kier molecular flexibility index (Phi) is 5.72. The van der Waals surface area contributed by atoms with Gasteiger partial charge in [0.05, 0.1) is 5.52 Å². The van der Waals surface area contributed by atoms with Crippen LogP contribution in [0.15, 0.2) is 85.1 Å². The highest BCUT2D eigenvalue weighted by atomic mass is 19.1. The Morgan fingerprint density at radius 2 is 1.66 bits per heavy atom. The second-order valence-electron chi connectivity index (χ2n) is 10.7. The molecule has 1 aromatic heterocycles. The minimum atomic E-state index is -0.200. The molecule has 0 atom stereocenters. The highest BCUT2D eigenvalue weighted by Crippen LogP contribution is 2.57. The predicted octanol–water partition coefficient (Wildman–Crippen LogP) is 7.91. The number of rotatable bonds is 5.